The van der Waals surface area contributed by atoms with Crippen LogP contribution < -0.4 is 10.6 Å². The third-order valence-corrected chi connectivity index (χ3v) is 3.11. The minimum absolute atomic E-state index is 0.261. The second-order valence-electron chi connectivity index (χ2n) is 4.58. The molecule has 22 heavy (non-hydrogen) atoms. The predicted molar refractivity (Wildman–Crippen MR) is 86.2 cm³/mol. The van der Waals surface area contributed by atoms with Crippen molar-refractivity contribution in [1.29, 1.82) is 0 Å². The predicted octanol–water partition coefficient (Wildman–Crippen LogP) is 1.79. The van der Waals surface area contributed by atoms with E-state index in [2.05, 4.69) is 20.7 Å². The Morgan fingerprint density at radius 3 is 3.00 bits per heavy atom. The summed E-state index contributed by atoms with van der Waals surface area (Å²) in [6.07, 6.45) is 2.38. The summed E-state index contributed by atoms with van der Waals surface area (Å²) in [5.74, 6) is 0.114. The van der Waals surface area contributed by atoms with Crippen LogP contribution in [-0.2, 0) is 11.3 Å². The molecule has 1 aromatic carbocycles. The standard InChI is InChI=1S/C14H18FN5OS/c1-21-8-4-7-16-14(22)18-13-17-10-20(19-13)9-11-5-2-3-6-12(11)15/h2-3,5-6,10H,4,7-9H2,1H3,(H2,16,18,19,22). The van der Waals surface area contributed by atoms with Crippen LogP contribution in [0.15, 0.2) is 30.6 Å². The van der Waals surface area contributed by atoms with Crippen molar-refractivity contribution in [3.05, 3.63) is 42.0 Å². The number of hydrogen-bond acceptors (Lipinski definition) is 4. The summed E-state index contributed by atoms with van der Waals surface area (Å²) in [4.78, 5) is 4.09. The largest absolute Gasteiger partial charge is 0.385 e. The van der Waals surface area contributed by atoms with Crippen LogP contribution in [0.4, 0.5) is 10.3 Å². The van der Waals surface area contributed by atoms with E-state index >= 15 is 0 Å². The molecule has 0 spiro atoms. The topological polar surface area (TPSA) is 64.0 Å². The Kier molecular flexibility index (Phi) is 6.23. The first-order valence-electron chi connectivity index (χ1n) is 6.85. The smallest absolute Gasteiger partial charge is 0.248 e. The number of methoxy groups -OCH3 is 1. The number of thiocarbonyl (C=S) groups is 1. The summed E-state index contributed by atoms with van der Waals surface area (Å²) in [5.41, 5.74) is 0.555. The van der Waals surface area contributed by atoms with Gasteiger partial charge in [-0.15, -0.1) is 5.10 Å². The summed E-state index contributed by atoms with van der Waals surface area (Å²) in [6, 6.07) is 6.57. The number of ether oxygens (including phenoxy) is 1. The number of nitrogens with one attached hydrogen (secondary N) is 2. The lowest BCUT2D eigenvalue weighted by molar-refractivity contribution is 0.196. The van der Waals surface area contributed by atoms with Crippen molar-refractivity contribution in [2.75, 3.05) is 25.6 Å². The molecule has 2 N–H and O–H groups in total. The minimum Gasteiger partial charge on any atom is -0.385 e. The van der Waals surface area contributed by atoms with Gasteiger partial charge in [-0.05, 0) is 24.7 Å². The van der Waals surface area contributed by atoms with Gasteiger partial charge in [0, 0.05) is 25.8 Å². The molecular weight excluding hydrogens is 305 g/mol. The van der Waals surface area contributed by atoms with Gasteiger partial charge < -0.3 is 10.1 Å². The maximum absolute atomic E-state index is 13.6. The molecule has 0 atom stereocenters. The average Bonchev–Trinajstić information content (AvgIpc) is 2.93. The second kappa shape index (κ2) is 8.40. The van der Waals surface area contributed by atoms with E-state index < -0.39 is 0 Å². The molecule has 0 aliphatic rings. The molecule has 8 heteroatoms. The number of hydrogen-bond donors (Lipinski definition) is 2. The number of aromatic nitrogens is 3. The lowest BCUT2D eigenvalue weighted by Gasteiger charge is -2.07. The normalized spacial score (nSPS) is 10.5. The van der Waals surface area contributed by atoms with E-state index in [9.17, 15) is 4.39 Å². The van der Waals surface area contributed by atoms with Crippen LogP contribution in [0.1, 0.15) is 12.0 Å². The van der Waals surface area contributed by atoms with Gasteiger partial charge >= 0.3 is 0 Å². The molecule has 0 saturated heterocycles. The maximum Gasteiger partial charge on any atom is 0.248 e. The zero-order chi connectivity index (χ0) is 15.8. The van der Waals surface area contributed by atoms with Crippen molar-refractivity contribution in [2.24, 2.45) is 0 Å². The zero-order valence-corrected chi connectivity index (χ0v) is 13.1. The monoisotopic (exact) mass is 323 g/mol. The lowest BCUT2D eigenvalue weighted by Crippen LogP contribution is -2.30. The number of benzene rings is 1. The molecule has 1 heterocycles. The van der Waals surface area contributed by atoms with Gasteiger partial charge in [0.2, 0.25) is 5.95 Å². The molecule has 0 aliphatic carbocycles. The molecule has 2 rings (SSSR count). The van der Waals surface area contributed by atoms with Crippen molar-refractivity contribution in [2.45, 2.75) is 13.0 Å². The van der Waals surface area contributed by atoms with Crippen molar-refractivity contribution in [3.63, 3.8) is 0 Å². The molecule has 2 aromatic rings. The first-order chi connectivity index (χ1) is 10.7. The maximum atomic E-state index is 13.6. The van der Waals surface area contributed by atoms with Crippen molar-refractivity contribution < 1.29 is 9.13 Å². The molecule has 1 aromatic heterocycles. The highest BCUT2D eigenvalue weighted by Crippen LogP contribution is 2.08. The number of halogens is 1. The van der Waals surface area contributed by atoms with Gasteiger partial charge in [0.1, 0.15) is 12.1 Å². The molecule has 0 amide bonds. The fourth-order valence-corrected chi connectivity index (χ4v) is 1.99. The van der Waals surface area contributed by atoms with Gasteiger partial charge in [0.15, 0.2) is 5.11 Å². The highest BCUT2D eigenvalue weighted by atomic mass is 32.1. The molecule has 0 bridgehead atoms. The van der Waals surface area contributed by atoms with Gasteiger partial charge in [-0.3, -0.25) is 5.32 Å². The average molecular weight is 323 g/mol. The quantitative estimate of drug-likeness (QED) is 0.598. The van der Waals surface area contributed by atoms with E-state index in [-0.39, 0.29) is 5.82 Å². The van der Waals surface area contributed by atoms with E-state index in [0.29, 0.717) is 36.3 Å². The van der Waals surface area contributed by atoms with Crippen LogP contribution >= 0.6 is 12.2 Å². The van der Waals surface area contributed by atoms with E-state index in [1.807, 2.05) is 0 Å². The van der Waals surface area contributed by atoms with Crippen LogP contribution in [-0.4, -0.2) is 40.1 Å². The third kappa shape index (κ3) is 5.05. The van der Waals surface area contributed by atoms with Gasteiger partial charge in [-0.2, -0.15) is 0 Å². The number of anilines is 1. The highest BCUT2D eigenvalue weighted by molar-refractivity contribution is 7.80. The highest BCUT2D eigenvalue weighted by Gasteiger charge is 2.06. The van der Waals surface area contributed by atoms with Gasteiger partial charge in [0.25, 0.3) is 0 Å². The van der Waals surface area contributed by atoms with Gasteiger partial charge in [0.05, 0.1) is 6.54 Å². The number of rotatable bonds is 7. The minimum atomic E-state index is -0.261. The first kappa shape index (κ1) is 16.3. The Morgan fingerprint density at radius 1 is 1.41 bits per heavy atom. The summed E-state index contributed by atoms with van der Waals surface area (Å²) in [7, 11) is 1.66. The van der Waals surface area contributed by atoms with Crippen LogP contribution in [0.2, 0.25) is 0 Å². The fraction of sp³-hybridized carbons (Fsp3) is 0.357. The van der Waals surface area contributed by atoms with Crippen LogP contribution in [0, 0.1) is 5.82 Å². The Labute approximate surface area is 133 Å². The Bertz CT molecular complexity index is 619. The Morgan fingerprint density at radius 2 is 2.23 bits per heavy atom. The van der Waals surface area contributed by atoms with E-state index in [1.165, 1.54) is 12.4 Å². The molecule has 0 unspecified atom stereocenters. The molecular formula is C14H18FN5OS. The summed E-state index contributed by atoms with van der Waals surface area (Å²) >= 11 is 5.13. The van der Waals surface area contributed by atoms with Gasteiger partial charge in [-0.25, -0.2) is 14.1 Å². The summed E-state index contributed by atoms with van der Waals surface area (Å²) in [5, 5.41) is 10.6. The molecule has 118 valence electrons. The van der Waals surface area contributed by atoms with Gasteiger partial charge in [-0.1, -0.05) is 18.2 Å². The van der Waals surface area contributed by atoms with Crippen molar-refractivity contribution in [1.82, 2.24) is 20.1 Å². The van der Waals surface area contributed by atoms with Crippen LogP contribution in [0.5, 0.6) is 0 Å². The molecule has 6 nitrogen and oxygen atoms in total. The SMILES string of the molecule is COCCCNC(=S)Nc1ncn(Cc2ccccc2F)n1. The third-order valence-electron chi connectivity index (χ3n) is 2.86. The van der Waals surface area contributed by atoms with Crippen LogP contribution in [0.3, 0.4) is 0 Å². The lowest BCUT2D eigenvalue weighted by atomic mass is 10.2. The van der Waals surface area contributed by atoms with E-state index in [4.69, 9.17) is 17.0 Å². The molecule has 0 radical (unpaired) electrons. The summed E-state index contributed by atoms with van der Waals surface area (Å²) in [6.45, 7) is 1.69. The Hall–Kier alpha value is -2.06. The van der Waals surface area contributed by atoms with Crippen LogP contribution in [0.25, 0.3) is 0 Å². The molecule has 0 aliphatic heterocycles. The number of nitrogens with zero attached hydrogens (tertiary/aromatic N) is 3. The van der Waals surface area contributed by atoms with E-state index in [1.54, 1.807) is 30.0 Å². The molecule has 0 saturated carbocycles. The van der Waals surface area contributed by atoms with Crippen molar-refractivity contribution in [3.8, 4) is 0 Å². The van der Waals surface area contributed by atoms with E-state index in [0.717, 1.165) is 6.42 Å². The second-order valence-corrected chi connectivity index (χ2v) is 4.99. The van der Waals surface area contributed by atoms with Crippen molar-refractivity contribution >= 4 is 23.3 Å². The molecule has 0 fully saturated rings. The summed E-state index contributed by atoms with van der Waals surface area (Å²) < 4.78 is 20.1. The fourth-order valence-electron chi connectivity index (χ4n) is 1.79. The zero-order valence-electron chi connectivity index (χ0n) is 12.3. The Balaban J connectivity index is 1.84. The first-order valence-corrected chi connectivity index (χ1v) is 7.26.